The molecule has 3 saturated carbocycles. The molecule has 44 heteroatoms. The maximum atomic E-state index is 11.8. The van der Waals surface area contributed by atoms with Crippen LogP contribution in [-0.4, -0.2) is 198 Å². The molecule has 44 nitrogen and oxygen atoms in total. The Labute approximate surface area is 709 Å². The molecule has 0 unspecified atom stereocenters. The lowest BCUT2D eigenvalue weighted by Crippen LogP contribution is -2.48. The van der Waals surface area contributed by atoms with Gasteiger partial charge in [-0.05, 0) is 233 Å². The molecule has 3 aliphatic carbocycles. The molecule has 4 fully saturated rings. The zero-order chi connectivity index (χ0) is 90.0. The second kappa shape index (κ2) is 54.6. The first-order valence-electron chi connectivity index (χ1n) is 40.8. The summed E-state index contributed by atoms with van der Waals surface area (Å²) >= 11 is 0. The van der Waals surface area contributed by atoms with E-state index in [9.17, 15) is 38.4 Å². The lowest BCUT2D eigenvalue weighted by molar-refractivity contribution is 0.126. The largest absolute Gasteiger partial charge is 0.374 e. The quantitative estimate of drug-likeness (QED) is 0.0880. The van der Waals surface area contributed by atoms with E-state index in [1.807, 2.05) is 115 Å². The Morgan fingerprint density at radius 1 is 0.268 bits per heavy atom. The standard InChI is InChI=1S/C10H16N4O.C10H10N4O.3C9H9N5O.C9H14N4O.C8H13N5O.C7H10N4O.4C2H6/c2*1-2-8-13-10(15)14(12-11-13)9-6-4-3-5-7-9;1-2-7-13-9(15)14(12-11-13)8-3-5-10-6-4-8;1-2-7-13-9(15)14(12-11-13)8-5-3-4-6-10-8;1-2-6-13-9(15)14(12-11-13)8-4-3-5-10-7-8;1-2-7-12-9(14)13(11-10-12)8-5-3-4-6-8;1-3-4-12-8(14)13(10-9-12)7-5-11(2)6-7;1-2-5-10-7(12)11(9-8-10)6-3-4-6;4*1-2/h2,8-9H,3-7H2,1H3;2-8H,1H3;3*2-7H,1H3;2,7-8H,3-6H2,1H3;3-4,7H,5-6H2,1-2H3;2,5-6H,3-4H2,1H3;4*1-2H3/b2*8-2-;2*7-2-;6-2-;7-2-;4-3-;5-2-;;;;. The van der Waals surface area contributed by atoms with Crippen molar-refractivity contribution in [2.75, 3.05) is 20.1 Å². The Bertz CT molecular complexity index is 5350. The van der Waals surface area contributed by atoms with Gasteiger partial charge in [-0.2, -0.15) is 70.2 Å². The minimum absolute atomic E-state index is 0.125. The van der Waals surface area contributed by atoms with Crippen LogP contribution in [0.4, 0.5) is 0 Å². The van der Waals surface area contributed by atoms with E-state index in [1.165, 1.54) is 99.2 Å². The maximum absolute atomic E-state index is 11.8. The predicted molar refractivity (Wildman–Crippen MR) is 471 cm³/mol. The van der Waals surface area contributed by atoms with Crippen molar-refractivity contribution in [2.24, 2.45) is 0 Å². The molecule has 0 amide bonds. The van der Waals surface area contributed by atoms with Crippen molar-refractivity contribution in [1.82, 2.24) is 178 Å². The summed E-state index contributed by atoms with van der Waals surface area (Å²) in [6, 6.07) is 22.3. The van der Waals surface area contributed by atoms with Crippen molar-refractivity contribution in [3.05, 3.63) is 236 Å². The zero-order valence-electron chi connectivity index (χ0n) is 72.9. The number of para-hydroxylation sites is 1. The molecule has 0 atom stereocenters. The molecule has 123 heavy (non-hydrogen) atoms. The van der Waals surface area contributed by atoms with E-state index in [0.717, 1.165) is 65.7 Å². The molecule has 12 aromatic rings. The molecule has 0 N–H and O–H groups in total. The van der Waals surface area contributed by atoms with Gasteiger partial charge in [-0.3, -0.25) is 9.97 Å². The van der Waals surface area contributed by atoms with Crippen LogP contribution in [-0.2, 0) is 0 Å². The predicted octanol–water partition coefficient (Wildman–Crippen LogP) is 8.13. The molecule has 0 bridgehead atoms. The van der Waals surface area contributed by atoms with Gasteiger partial charge in [0.05, 0.1) is 47.4 Å². The molecular formula is C79H114N36O8. The summed E-state index contributed by atoms with van der Waals surface area (Å²) in [5, 5.41) is 60.1. The lowest BCUT2D eigenvalue weighted by atomic mass is 9.96. The first-order valence-corrected chi connectivity index (χ1v) is 40.8. The molecule has 1 saturated heterocycles. The summed E-state index contributed by atoms with van der Waals surface area (Å²) in [5.41, 5.74) is 0.139. The number of allylic oxidation sites excluding steroid dienone is 8. The minimum Gasteiger partial charge on any atom is -0.302 e. The van der Waals surface area contributed by atoms with Crippen LogP contribution in [0.5, 0.6) is 0 Å². The number of likely N-dealkylation sites (tertiary alicyclic amines) is 1. The second-order valence-corrected chi connectivity index (χ2v) is 25.2. The molecule has 658 valence electrons. The Kier molecular flexibility index (Phi) is 44.0. The van der Waals surface area contributed by atoms with Crippen molar-refractivity contribution in [3.63, 3.8) is 0 Å². The van der Waals surface area contributed by atoms with Crippen LogP contribution in [0, 0.1) is 0 Å². The number of aromatic nitrogens is 35. The number of likely N-dealkylation sites (N-methyl/N-ethyl adjacent to an activating group) is 1. The average Bonchev–Trinajstić information content (AvgIpc) is 1.61. The average molecular weight is 1700 g/mol. The summed E-state index contributed by atoms with van der Waals surface area (Å²) in [5.74, 6) is 0.457. The van der Waals surface area contributed by atoms with Gasteiger partial charge in [0, 0.05) is 87.5 Å². The highest BCUT2D eigenvalue weighted by Crippen LogP contribution is 2.32. The molecule has 0 radical (unpaired) electrons. The van der Waals surface area contributed by atoms with Crippen LogP contribution < -0.4 is 45.5 Å². The molecule has 0 spiro atoms. The Morgan fingerprint density at radius 3 is 0.886 bits per heavy atom. The van der Waals surface area contributed by atoms with E-state index in [0.29, 0.717) is 28.9 Å². The number of nitrogens with zero attached hydrogens (tertiary/aromatic N) is 36. The van der Waals surface area contributed by atoms with Gasteiger partial charge in [0.25, 0.3) is 0 Å². The number of rotatable bonds is 16. The SMILES string of the molecule is C/C=C\n1nnn(-c2ccccc2)c1=O.C/C=C\n1nnn(-c2ccccn2)c1=O.C/C=C\n1nnn(-c2cccnc2)c1=O.C/C=C\n1nnn(-c2ccncc2)c1=O.C/C=C\n1nnn(C2CC2)c1=O.C/C=C\n1nnn(C2CCCC2)c1=O.C/C=C\n1nnn(C2CCCCC2)c1=O.C/C=C\n1nnn(C2CN(C)C2)c1=O.CC.CC.CC.CC. The summed E-state index contributed by atoms with van der Waals surface area (Å²) in [7, 11) is 2.01. The number of tetrazole rings is 8. The fraction of sp³-hybridized carbons (Fsp3) is 0.430. The van der Waals surface area contributed by atoms with Crippen LogP contribution >= 0.6 is 0 Å². The molecule has 1 aromatic carbocycles. The third-order valence-electron chi connectivity index (χ3n) is 16.8. The van der Waals surface area contributed by atoms with Crippen LogP contribution in [0.25, 0.3) is 72.5 Å². The van der Waals surface area contributed by atoms with Gasteiger partial charge in [0.15, 0.2) is 5.82 Å². The van der Waals surface area contributed by atoms with E-state index in [1.54, 1.807) is 198 Å². The fourth-order valence-electron chi connectivity index (χ4n) is 11.1. The van der Waals surface area contributed by atoms with Crippen molar-refractivity contribution in [1.29, 1.82) is 0 Å². The summed E-state index contributed by atoms with van der Waals surface area (Å²) in [6.45, 7) is 32.3. The summed E-state index contributed by atoms with van der Waals surface area (Å²) < 4.78 is 20.4. The van der Waals surface area contributed by atoms with Gasteiger partial charge in [0.1, 0.15) is 0 Å². The summed E-state index contributed by atoms with van der Waals surface area (Å²) in [6.07, 6.45) is 46.9. The zero-order valence-corrected chi connectivity index (χ0v) is 72.9. The normalized spacial score (nSPS) is 13.8. The molecule has 11 aromatic heterocycles. The molecule has 1 aliphatic heterocycles. The van der Waals surface area contributed by atoms with Crippen LogP contribution in [0.3, 0.4) is 0 Å². The van der Waals surface area contributed by atoms with Crippen molar-refractivity contribution in [2.45, 2.75) is 206 Å². The molecule has 4 aliphatic rings. The number of hydrogen-bond donors (Lipinski definition) is 0. The Balaban J connectivity index is 0.000000247. The van der Waals surface area contributed by atoms with Crippen molar-refractivity contribution in [3.8, 4) is 22.9 Å². The number of hydrogen-bond acceptors (Lipinski definition) is 28. The number of pyridine rings is 3. The first-order chi connectivity index (χ1) is 60.0. The molecule has 16 rings (SSSR count). The van der Waals surface area contributed by atoms with Crippen LogP contribution in [0.1, 0.15) is 206 Å². The molecular weight excluding hydrogens is 1580 g/mol. The molecule has 12 heterocycles. The number of benzene rings is 1. The van der Waals surface area contributed by atoms with Crippen molar-refractivity contribution < 1.29 is 0 Å². The van der Waals surface area contributed by atoms with Gasteiger partial charge in [0.2, 0.25) is 0 Å². The van der Waals surface area contributed by atoms with Gasteiger partial charge in [-0.1, -0.05) is 160 Å². The van der Waals surface area contributed by atoms with Crippen LogP contribution in [0.2, 0.25) is 0 Å². The summed E-state index contributed by atoms with van der Waals surface area (Å²) in [4.78, 5) is 107. The van der Waals surface area contributed by atoms with Gasteiger partial charge >= 0.3 is 45.5 Å². The maximum Gasteiger partial charge on any atom is 0.374 e. The smallest absolute Gasteiger partial charge is 0.302 e. The van der Waals surface area contributed by atoms with Gasteiger partial charge < -0.3 is 4.90 Å². The Morgan fingerprint density at radius 2 is 0.561 bits per heavy atom. The highest BCUT2D eigenvalue weighted by molar-refractivity contribution is 5.31. The first kappa shape index (κ1) is 99.1. The van der Waals surface area contributed by atoms with E-state index in [-0.39, 0.29) is 63.6 Å². The van der Waals surface area contributed by atoms with Crippen molar-refractivity contribution >= 4 is 49.6 Å². The van der Waals surface area contributed by atoms with E-state index in [4.69, 9.17) is 0 Å². The van der Waals surface area contributed by atoms with E-state index < -0.39 is 0 Å². The third-order valence-corrected chi connectivity index (χ3v) is 16.8. The lowest BCUT2D eigenvalue weighted by Gasteiger charge is -2.34. The van der Waals surface area contributed by atoms with E-state index >= 15 is 0 Å². The van der Waals surface area contributed by atoms with Gasteiger partial charge in [-0.25, -0.2) is 43.3 Å². The Hall–Kier alpha value is -14.5. The topological polar surface area (TPSA) is 464 Å². The monoisotopic (exact) mass is 1690 g/mol. The van der Waals surface area contributed by atoms with E-state index in [2.05, 4.69) is 103 Å². The highest BCUT2D eigenvalue weighted by atomic mass is 16.2. The minimum atomic E-state index is -0.341. The van der Waals surface area contributed by atoms with Gasteiger partial charge in [-0.15, -0.1) is 4.68 Å². The second-order valence-electron chi connectivity index (χ2n) is 25.2. The highest BCUT2D eigenvalue weighted by Gasteiger charge is 2.29. The third kappa shape index (κ3) is 28.9. The fourth-order valence-corrected chi connectivity index (χ4v) is 11.1. The van der Waals surface area contributed by atoms with Crippen LogP contribution in [0.15, 0.2) is 191 Å².